The van der Waals surface area contributed by atoms with Gasteiger partial charge in [-0.3, -0.25) is 4.59 Å². The predicted octanol–water partition coefficient (Wildman–Crippen LogP) is 2.02. The van der Waals surface area contributed by atoms with Gasteiger partial charge in [0.1, 0.15) is 0 Å². The minimum atomic E-state index is 0.857. The molecule has 0 saturated carbocycles. The van der Waals surface area contributed by atoms with Crippen molar-refractivity contribution in [3.63, 3.8) is 0 Å². The number of nitrogens with one attached hydrogen (secondary N) is 1. The lowest BCUT2D eigenvalue weighted by molar-refractivity contribution is -0.932. The zero-order chi connectivity index (χ0) is 9.61. The Morgan fingerprint density at radius 1 is 1.17 bits per heavy atom. The molecule has 2 heteroatoms. The summed E-state index contributed by atoms with van der Waals surface area (Å²) in [6.45, 7) is 5.80. The van der Waals surface area contributed by atoms with Gasteiger partial charge < -0.3 is 0 Å². The highest BCUT2D eigenvalue weighted by Crippen LogP contribution is 2.07. The number of rotatable bonds is 6. The summed E-state index contributed by atoms with van der Waals surface area (Å²) in [6, 6.07) is 0. The van der Waals surface area contributed by atoms with Gasteiger partial charge in [-0.25, -0.2) is 0 Å². The van der Waals surface area contributed by atoms with E-state index < -0.39 is 0 Å². The molecular formula is C10H25N2+. The van der Waals surface area contributed by atoms with E-state index in [2.05, 4.69) is 33.4 Å². The highest BCUT2D eigenvalue weighted by atomic mass is 15.6. The van der Waals surface area contributed by atoms with Gasteiger partial charge >= 0.3 is 0 Å². The van der Waals surface area contributed by atoms with E-state index >= 15 is 0 Å². The molecule has 1 N–H and O–H groups in total. The van der Waals surface area contributed by atoms with Crippen LogP contribution < -0.4 is 5.43 Å². The summed E-state index contributed by atoms with van der Waals surface area (Å²) in [7, 11) is 6.42. The first kappa shape index (κ1) is 11.9. The van der Waals surface area contributed by atoms with Gasteiger partial charge in [0.15, 0.2) is 0 Å². The first-order valence-corrected chi connectivity index (χ1v) is 5.00. The fraction of sp³-hybridized carbons (Fsp3) is 1.00. The van der Waals surface area contributed by atoms with Crippen LogP contribution in [-0.2, 0) is 0 Å². The molecule has 2 nitrogen and oxygen atoms in total. The maximum atomic E-state index is 3.27. The molecule has 0 atom stereocenters. The summed E-state index contributed by atoms with van der Waals surface area (Å²) in [5.74, 6) is 0.857. The summed E-state index contributed by atoms with van der Waals surface area (Å²) in [4.78, 5) is 0. The Morgan fingerprint density at radius 3 is 2.17 bits per heavy atom. The fourth-order valence-electron chi connectivity index (χ4n) is 1.17. The second-order valence-corrected chi connectivity index (χ2v) is 4.52. The second-order valence-electron chi connectivity index (χ2n) is 4.52. The van der Waals surface area contributed by atoms with Gasteiger partial charge in [0.05, 0.1) is 20.6 Å². The molecule has 0 aliphatic rings. The van der Waals surface area contributed by atoms with Crippen LogP contribution in [0.25, 0.3) is 0 Å². The minimum Gasteiger partial charge on any atom is -0.251 e. The molecular weight excluding hydrogens is 148 g/mol. The number of hydrogen-bond acceptors (Lipinski definition) is 1. The van der Waals surface area contributed by atoms with Crippen molar-refractivity contribution in [3.05, 3.63) is 0 Å². The number of unbranched alkanes of at least 4 members (excludes halogenated alkanes) is 1. The van der Waals surface area contributed by atoms with Crippen LogP contribution in [0.3, 0.4) is 0 Å². The van der Waals surface area contributed by atoms with Gasteiger partial charge in [0, 0.05) is 7.05 Å². The SMILES string of the molecule is CN[N+](C)(C)CCCCC(C)C. The van der Waals surface area contributed by atoms with Gasteiger partial charge in [0.25, 0.3) is 0 Å². The fourth-order valence-corrected chi connectivity index (χ4v) is 1.17. The standard InChI is InChI=1S/C10H25N2/c1-10(2)8-6-7-9-12(4,5)11-3/h10-11H,6-9H2,1-5H3/q+1. The highest BCUT2D eigenvalue weighted by molar-refractivity contribution is 4.45. The van der Waals surface area contributed by atoms with Crippen LogP contribution >= 0.6 is 0 Å². The summed E-state index contributed by atoms with van der Waals surface area (Å²) < 4.78 is 0.929. The smallest absolute Gasteiger partial charge is 0.0957 e. The molecule has 74 valence electrons. The van der Waals surface area contributed by atoms with E-state index in [0.29, 0.717) is 0 Å². The first-order valence-electron chi connectivity index (χ1n) is 5.00. The molecule has 0 aromatic carbocycles. The minimum absolute atomic E-state index is 0.857. The van der Waals surface area contributed by atoms with Crippen LogP contribution in [0.15, 0.2) is 0 Å². The normalized spacial score (nSPS) is 12.5. The van der Waals surface area contributed by atoms with Crippen LogP contribution in [0.4, 0.5) is 0 Å². The van der Waals surface area contributed by atoms with Gasteiger partial charge in [-0.2, -0.15) is 5.43 Å². The topological polar surface area (TPSA) is 12.0 Å². The van der Waals surface area contributed by atoms with Crippen molar-refractivity contribution in [1.29, 1.82) is 0 Å². The van der Waals surface area contributed by atoms with Crippen molar-refractivity contribution in [3.8, 4) is 0 Å². The Labute approximate surface area is 77.5 Å². The van der Waals surface area contributed by atoms with Crippen molar-refractivity contribution < 1.29 is 4.59 Å². The van der Waals surface area contributed by atoms with E-state index in [9.17, 15) is 0 Å². The molecule has 0 heterocycles. The van der Waals surface area contributed by atoms with Gasteiger partial charge in [-0.15, -0.1) is 0 Å². The van der Waals surface area contributed by atoms with Crippen molar-refractivity contribution in [2.45, 2.75) is 33.1 Å². The third-order valence-corrected chi connectivity index (χ3v) is 2.35. The molecule has 0 bridgehead atoms. The third-order valence-electron chi connectivity index (χ3n) is 2.35. The predicted molar refractivity (Wildman–Crippen MR) is 54.7 cm³/mol. The third kappa shape index (κ3) is 6.62. The molecule has 0 fully saturated rings. The Balaban J connectivity index is 3.31. The Kier molecular flexibility index (Phi) is 5.51. The lowest BCUT2D eigenvalue weighted by Crippen LogP contribution is -2.50. The lowest BCUT2D eigenvalue weighted by Gasteiger charge is -2.27. The van der Waals surface area contributed by atoms with Gasteiger partial charge in [0.2, 0.25) is 0 Å². The summed E-state index contributed by atoms with van der Waals surface area (Å²) >= 11 is 0. The number of nitrogens with zero attached hydrogens (tertiary/aromatic N) is 1. The van der Waals surface area contributed by atoms with Crippen molar-refractivity contribution >= 4 is 0 Å². The van der Waals surface area contributed by atoms with Gasteiger partial charge in [-0.1, -0.05) is 20.3 Å². The van der Waals surface area contributed by atoms with E-state index in [0.717, 1.165) is 10.5 Å². The summed E-state index contributed by atoms with van der Waals surface area (Å²) in [6.07, 6.45) is 4.05. The largest absolute Gasteiger partial charge is 0.251 e. The maximum absolute atomic E-state index is 3.27. The molecule has 0 aliphatic heterocycles. The molecule has 0 unspecified atom stereocenters. The average Bonchev–Trinajstić information content (AvgIpc) is 1.98. The Bertz CT molecular complexity index is 108. The number of hydrogen-bond donors (Lipinski definition) is 1. The highest BCUT2D eigenvalue weighted by Gasteiger charge is 2.10. The van der Waals surface area contributed by atoms with E-state index in [1.54, 1.807) is 0 Å². The maximum Gasteiger partial charge on any atom is 0.0957 e. The van der Waals surface area contributed by atoms with Crippen molar-refractivity contribution in [1.82, 2.24) is 5.43 Å². The zero-order valence-corrected chi connectivity index (χ0v) is 9.35. The summed E-state index contributed by atoms with van der Waals surface area (Å²) in [5.41, 5.74) is 3.27. The second kappa shape index (κ2) is 5.55. The average molecular weight is 173 g/mol. The number of quaternary nitrogens is 1. The molecule has 0 radical (unpaired) electrons. The van der Waals surface area contributed by atoms with Crippen molar-refractivity contribution in [2.24, 2.45) is 5.92 Å². The molecule has 0 saturated heterocycles. The van der Waals surface area contributed by atoms with Crippen LogP contribution in [0.5, 0.6) is 0 Å². The van der Waals surface area contributed by atoms with Crippen LogP contribution in [0.1, 0.15) is 33.1 Å². The first-order chi connectivity index (χ1) is 5.48. The lowest BCUT2D eigenvalue weighted by atomic mass is 10.1. The van der Waals surface area contributed by atoms with Crippen LogP contribution in [0.2, 0.25) is 0 Å². The van der Waals surface area contributed by atoms with E-state index in [-0.39, 0.29) is 0 Å². The monoisotopic (exact) mass is 173 g/mol. The molecule has 0 aromatic heterocycles. The Morgan fingerprint density at radius 2 is 1.75 bits per heavy atom. The van der Waals surface area contributed by atoms with E-state index in [1.807, 2.05) is 7.05 Å². The molecule has 0 rings (SSSR count). The Hall–Kier alpha value is -0.0800. The summed E-state index contributed by atoms with van der Waals surface area (Å²) in [5, 5.41) is 0. The molecule has 12 heavy (non-hydrogen) atoms. The zero-order valence-electron chi connectivity index (χ0n) is 9.35. The van der Waals surface area contributed by atoms with Crippen LogP contribution in [-0.4, -0.2) is 32.3 Å². The molecule has 0 aliphatic carbocycles. The molecule has 0 amide bonds. The van der Waals surface area contributed by atoms with E-state index in [1.165, 1.54) is 25.8 Å². The van der Waals surface area contributed by atoms with Gasteiger partial charge in [-0.05, 0) is 18.8 Å². The van der Waals surface area contributed by atoms with Crippen LogP contribution in [0, 0.1) is 5.92 Å². The van der Waals surface area contributed by atoms with Crippen molar-refractivity contribution in [2.75, 3.05) is 27.7 Å². The molecule has 0 spiro atoms. The molecule has 0 aromatic rings. The van der Waals surface area contributed by atoms with E-state index in [4.69, 9.17) is 0 Å². The quantitative estimate of drug-likeness (QED) is 0.368.